The quantitative estimate of drug-likeness (QED) is 0.484. The molecule has 3 aliphatic rings. The Bertz CT molecular complexity index is 1330. The molecule has 2 aromatic heterocycles. The summed E-state index contributed by atoms with van der Waals surface area (Å²) in [4.78, 5) is 32.0. The van der Waals surface area contributed by atoms with Crippen molar-refractivity contribution in [1.82, 2.24) is 19.9 Å². The van der Waals surface area contributed by atoms with Crippen LogP contribution in [0.2, 0.25) is 0 Å². The summed E-state index contributed by atoms with van der Waals surface area (Å²) in [7, 11) is 2.13. The van der Waals surface area contributed by atoms with Crippen LogP contribution in [0.15, 0.2) is 42.6 Å². The first kappa shape index (κ1) is 24.4. The van der Waals surface area contributed by atoms with Gasteiger partial charge >= 0.3 is 0 Å². The van der Waals surface area contributed by atoms with Crippen LogP contribution in [0.4, 0.5) is 39.2 Å². The van der Waals surface area contributed by atoms with Crippen LogP contribution >= 0.6 is 0 Å². The number of hydrogen-bond acceptors (Lipinski definition) is 9. The van der Waals surface area contributed by atoms with E-state index in [0.29, 0.717) is 29.8 Å². The zero-order valence-corrected chi connectivity index (χ0v) is 21.4. The monoisotopic (exact) mass is 518 g/mol. The van der Waals surface area contributed by atoms with E-state index in [1.807, 2.05) is 18.2 Å². The molecule has 0 atom stereocenters. The fraction of sp³-hybridized carbons (Fsp3) is 0.407. The van der Waals surface area contributed by atoms with Crippen molar-refractivity contribution < 1.29 is 13.9 Å². The summed E-state index contributed by atoms with van der Waals surface area (Å²) in [5.74, 6) is 1.35. The Morgan fingerprint density at radius 2 is 1.92 bits per heavy atom. The number of hydrogen-bond donors (Lipinski definition) is 2. The second-order valence-electron chi connectivity index (χ2n) is 10.1. The van der Waals surface area contributed by atoms with Gasteiger partial charge in [0.1, 0.15) is 5.82 Å². The summed E-state index contributed by atoms with van der Waals surface area (Å²) in [6.07, 6.45) is 4.53. The summed E-state index contributed by atoms with van der Waals surface area (Å²) in [6.45, 7) is 4.58. The number of halogens is 1. The molecule has 2 fully saturated rings. The number of fused-ring (bicyclic) bond motifs is 1. The number of ether oxygens (including phenoxy) is 1. The second-order valence-corrected chi connectivity index (χ2v) is 10.1. The molecule has 0 bridgehead atoms. The summed E-state index contributed by atoms with van der Waals surface area (Å²) >= 11 is 0. The molecular weight excluding hydrogens is 487 g/mol. The number of likely N-dealkylation sites (N-methyl/N-ethyl adjacent to an activating group) is 1. The summed E-state index contributed by atoms with van der Waals surface area (Å²) < 4.78 is 20.3. The number of carbonyl (C=O) groups excluding carboxylic acids is 1. The van der Waals surface area contributed by atoms with Crippen molar-refractivity contribution in [2.24, 2.45) is 5.92 Å². The van der Waals surface area contributed by atoms with Gasteiger partial charge in [-0.05, 0) is 56.1 Å². The number of amides is 1. The molecule has 4 heterocycles. The highest BCUT2D eigenvalue weighted by atomic mass is 19.1. The molecule has 1 aliphatic carbocycles. The van der Waals surface area contributed by atoms with E-state index in [0.717, 1.165) is 56.6 Å². The fourth-order valence-electron chi connectivity index (χ4n) is 4.88. The fourth-order valence-corrected chi connectivity index (χ4v) is 4.88. The third-order valence-electron chi connectivity index (χ3n) is 7.37. The highest BCUT2D eigenvalue weighted by molar-refractivity contribution is 5.97. The van der Waals surface area contributed by atoms with E-state index in [-0.39, 0.29) is 24.3 Å². The van der Waals surface area contributed by atoms with Crippen LogP contribution in [-0.2, 0) is 4.79 Å². The van der Waals surface area contributed by atoms with Gasteiger partial charge in [0.2, 0.25) is 5.95 Å². The molecule has 0 radical (unpaired) electrons. The predicted octanol–water partition coefficient (Wildman–Crippen LogP) is 3.78. The summed E-state index contributed by atoms with van der Waals surface area (Å²) in [5.41, 5.74) is 1.93. The molecular formula is C27H31FN8O2. The van der Waals surface area contributed by atoms with Crippen LogP contribution < -0.4 is 25.2 Å². The van der Waals surface area contributed by atoms with Crippen molar-refractivity contribution in [1.29, 1.82) is 0 Å². The molecule has 1 amide bonds. The molecule has 198 valence electrons. The van der Waals surface area contributed by atoms with Crippen LogP contribution in [0.3, 0.4) is 0 Å². The number of piperazine rings is 1. The van der Waals surface area contributed by atoms with Gasteiger partial charge in [-0.25, -0.2) is 14.4 Å². The van der Waals surface area contributed by atoms with Gasteiger partial charge < -0.3 is 25.2 Å². The molecule has 0 unspecified atom stereocenters. The lowest BCUT2D eigenvalue weighted by molar-refractivity contribution is -0.121. The maximum Gasteiger partial charge on any atom is 0.266 e. The minimum atomic E-state index is -0.611. The van der Waals surface area contributed by atoms with Crippen LogP contribution in [0.1, 0.15) is 19.3 Å². The lowest BCUT2D eigenvalue weighted by Crippen LogP contribution is -2.44. The Balaban J connectivity index is 1.19. The van der Waals surface area contributed by atoms with Crippen molar-refractivity contribution in [3.63, 3.8) is 0 Å². The van der Waals surface area contributed by atoms with Gasteiger partial charge in [-0.3, -0.25) is 9.69 Å². The largest absolute Gasteiger partial charge is 0.480 e. The molecule has 6 rings (SSSR count). The number of aromatic nitrogens is 3. The Kier molecular flexibility index (Phi) is 6.67. The van der Waals surface area contributed by atoms with E-state index in [9.17, 15) is 9.18 Å². The number of carbonyl (C=O) groups is 1. The minimum Gasteiger partial charge on any atom is -0.480 e. The Morgan fingerprint density at radius 3 is 2.71 bits per heavy atom. The highest BCUT2D eigenvalue weighted by Gasteiger charge is 2.31. The lowest BCUT2D eigenvalue weighted by atomic mass is 9.85. The maximum atomic E-state index is 14.7. The van der Waals surface area contributed by atoms with Gasteiger partial charge in [-0.15, -0.1) is 0 Å². The van der Waals surface area contributed by atoms with Gasteiger partial charge in [0.05, 0.1) is 6.20 Å². The van der Waals surface area contributed by atoms with Gasteiger partial charge in [0, 0.05) is 44.1 Å². The Morgan fingerprint density at radius 1 is 1.08 bits per heavy atom. The molecule has 10 nitrogen and oxygen atoms in total. The average molecular weight is 519 g/mol. The third-order valence-corrected chi connectivity index (χ3v) is 7.37. The first-order valence-corrected chi connectivity index (χ1v) is 13.1. The zero-order chi connectivity index (χ0) is 26.1. The molecule has 0 spiro atoms. The topological polar surface area (TPSA) is 98.8 Å². The lowest BCUT2D eigenvalue weighted by Gasteiger charge is -2.34. The number of rotatable bonds is 7. The molecule has 11 heteroatoms. The molecule has 1 saturated heterocycles. The number of nitrogens with zero attached hydrogens (tertiary/aromatic N) is 6. The maximum absolute atomic E-state index is 14.7. The van der Waals surface area contributed by atoms with Crippen LogP contribution in [-0.4, -0.2) is 72.1 Å². The van der Waals surface area contributed by atoms with E-state index in [2.05, 4.69) is 48.5 Å². The van der Waals surface area contributed by atoms with E-state index < -0.39 is 5.82 Å². The van der Waals surface area contributed by atoms with E-state index >= 15 is 0 Å². The highest BCUT2D eigenvalue weighted by Crippen LogP contribution is 2.36. The van der Waals surface area contributed by atoms with E-state index in [1.165, 1.54) is 6.42 Å². The number of benzene rings is 1. The Labute approximate surface area is 220 Å². The SMILES string of the molecule is CN1CCN(c2cccc(Nc3ncc(F)c(Nc4ccc5c(n4)N(CC4CCC4)C(=O)CO5)n3)c2)CC1. The second kappa shape index (κ2) is 10.4. The normalized spacial score (nSPS) is 18.0. The van der Waals surface area contributed by atoms with Gasteiger partial charge in [0.25, 0.3) is 5.91 Å². The smallest absolute Gasteiger partial charge is 0.266 e. The van der Waals surface area contributed by atoms with E-state index in [4.69, 9.17) is 4.74 Å². The first-order valence-electron chi connectivity index (χ1n) is 13.1. The number of anilines is 6. The molecule has 38 heavy (non-hydrogen) atoms. The first-order chi connectivity index (χ1) is 18.5. The molecule has 1 saturated carbocycles. The van der Waals surface area contributed by atoms with Crippen LogP contribution in [0, 0.1) is 11.7 Å². The van der Waals surface area contributed by atoms with Crippen molar-refractivity contribution in [2.75, 3.05) is 66.8 Å². The number of pyridine rings is 1. The average Bonchev–Trinajstić information content (AvgIpc) is 2.89. The van der Waals surface area contributed by atoms with Gasteiger partial charge in [0.15, 0.2) is 29.8 Å². The van der Waals surface area contributed by atoms with Crippen molar-refractivity contribution >= 4 is 40.7 Å². The Hall–Kier alpha value is -3.99. The third kappa shape index (κ3) is 5.19. The molecule has 2 N–H and O–H groups in total. The van der Waals surface area contributed by atoms with E-state index in [1.54, 1.807) is 17.0 Å². The molecule has 1 aromatic carbocycles. The van der Waals surface area contributed by atoms with Crippen molar-refractivity contribution in [3.8, 4) is 5.75 Å². The van der Waals surface area contributed by atoms with Crippen molar-refractivity contribution in [2.45, 2.75) is 19.3 Å². The molecule has 2 aliphatic heterocycles. The van der Waals surface area contributed by atoms with Gasteiger partial charge in [-0.1, -0.05) is 12.5 Å². The van der Waals surface area contributed by atoms with Crippen molar-refractivity contribution in [3.05, 3.63) is 48.4 Å². The van der Waals surface area contributed by atoms with Crippen LogP contribution in [0.5, 0.6) is 5.75 Å². The standard InChI is InChI=1S/C27H31FN8O2/c1-34-10-12-35(13-11-34)20-7-3-6-19(14-20)30-27-29-15-21(28)25(33-27)31-23-9-8-22-26(32-23)36(24(37)17-38-22)16-18-4-2-5-18/h3,6-9,14-15,18H,2,4-5,10-13,16-17H2,1H3,(H2,29,30,31,32,33). The van der Waals surface area contributed by atoms with Crippen LogP contribution in [0.25, 0.3) is 0 Å². The number of nitrogens with one attached hydrogen (secondary N) is 2. The van der Waals surface area contributed by atoms with Gasteiger partial charge in [-0.2, -0.15) is 4.98 Å². The molecule has 3 aromatic rings. The summed E-state index contributed by atoms with van der Waals surface area (Å²) in [5, 5.41) is 6.13. The predicted molar refractivity (Wildman–Crippen MR) is 144 cm³/mol. The minimum absolute atomic E-state index is 0.000246. The zero-order valence-electron chi connectivity index (χ0n) is 21.4. The summed E-state index contributed by atoms with van der Waals surface area (Å²) in [6, 6.07) is 11.5.